The summed E-state index contributed by atoms with van der Waals surface area (Å²) >= 11 is 11.5. The Morgan fingerprint density at radius 1 is 1.33 bits per heavy atom. The van der Waals surface area contributed by atoms with Crippen molar-refractivity contribution in [2.75, 3.05) is 0 Å². The summed E-state index contributed by atoms with van der Waals surface area (Å²) in [6.07, 6.45) is 3.35. The van der Waals surface area contributed by atoms with Gasteiger partial charge in [-0.3, -0.25) is 0 Å². The molecule has 1 nitrogen and oxygen atoms in total. The van der Waals surface area contributed by atoms with E-state index in [2.05, 4.69) is 0 Å². The number of ether oxygens (including phenoxy) is 1. The summed E-state index contributed by atoms with van der Waals surface area (Å²) in [6.45, 7) is 1.86. The van der Waals surface area contributed by atoms with E-state index in [0.29, 0.717) is 15.8 Å². The molecular weight excluding hydrogens is 195 g/mol. The van der Waals surface area contributed by atoms with E-state index in [1.807, 2.05) is 6.92 Å². The molecule has 0 amide bonds. The van der Waals surface area contributed by atoms with Crippen LogP contribution in [0.5, 0.6) is 5.75 Å². The molecule has 0 aliphatic rings. The third-order valence-electron chi connectivity index (χ3n) is 1.23. The maximum Gasteiger partial charge on any atom is 0.145 e. The Hall–Kier alpha value is -0.660. The maximum absolute atomic E-state index is 5.82. The lowest BCUT2D eigenvalue weighted by atomic mass is 10.3. The van der Waals surface area contributed by atoms with Crippen molar-refractivity contribution in [3.8, 4) is 5.75 Å². The summed E-state index contributed by atoms with van der Waals surface area (Å²) in [5, 5.41) is 1.12. The van der Waals surface area contributed by atoms with Gasteiger partial charge in [0.05, 0.1) is 11.3 Å². The standard InChI is InChI=1S/C9H8Cl2O/c1-2-5-12-9-4-3-7(10)6-8(9)11/h2-6H,1H3/b5-2-. The summed E-state index contributed by atoms with van der Waals surface area (Å²) in [7, 11) is 0. The number of benzene rings is 1. The zero-order valence-corrected chi connectivity index (χ0v) is 8.06. The van der Waals surface area contributed by atoms with E-state index in [-0.39, 0.29) is 0 Å². The second-order valence-electron chi connectivity index (χ2n) is 2.16. The molecule has 0 fully saturated rings. The molecule has 0 saturated carbocycles. The normalized spacial score (nSPS) is 10.6. The number of rotatable bonds is 2. The van der Waals surface area contributed by atoms with Crippen LogP contribution in [0.2, 0.25) is 10.0 Å². The van der Waals surface area contributed by atoms with Crippen LogP contribution in [0, 0.1) is 0 Å². The molecule has 0 aromatic heterocycles. The number of hydrogen-bond donors (Lipinski definition) is 0. The van der Waals surface area contributed by atoms with Crippen molar-refractivity contribution >= 4 is 23.2 Å². The number of hydrogen-bond acceptors (Lipinski definition) is 1. The van der Waals surface area contributed by atoms with Gasteiger partial charge in [-0.15, -0.1) is 0 Å². The van der Waals surface area contributed by atoms with Crippen molar-refractivity contribution in [1.29, 1.82) is 0 Å². The molecule has 3 heteroatoms. The number of allylic oxidation sites excluding steroid dienone is 1. The van der Waals surface area contributed by atoms with E-state index in [1.54, 1.807) is 30.5 Å². The minimum atomic E-state index is 0.514. The minimum absolute atomic E-state index is 0.514. The first-order valence-corrected chi connectivity index (χ1v) is 4.22. The van der Waals surface area contributed by atoms with Crippen molar-refractivity contribution in [3.63, 3.8) is 0 Å². The van der Waals surface area contributed by atoms with E-state index in [9.17, 15) is 0 Å². The molecule has 0 saturated heterocycles. The highest BCUT2D eigenvalue weighted by Gasteiger charge is 1.99. The molecule has 1 rings (SSSR count). The fourth-order valence-corrected chi connectivity index (χ4v) is 1.17. The van der Waals surface area contributed by atoms with Gasteiger partial charge in [0.25, 0.3) is 0 Å². The van der Waals surface area contributed by atoms with Gasteiger partial charge >= 0.3 is 0 Å². The second-order valence-corrected chi connectivity index (χ2v) is 3.01. The van der Waals surface area contributed by atoms with E-state index >= 15 is 0 Å². The molecule has 64 valence electrons. The minimum Gasteiger partial charge on any atom is -0.464 e. The Morgan fingerprint density at radius 2 is 2.08 bits per heavy atom. The molecule has 0 radical (unpaired) electrons. The maximum atomic E-state index is 5.82. The van der Waals surface area contributed by atoms with Crippen molar-refractivity contribution in [2.45, 2.75) is 6.92 Å². The SMILES string of the molecule is C/C=C\Oc1ccc(Cl)cc1Cl. The Balaban J connectivity index is 2.86. The monoisotopic (exact) mass is 202 g/mol. The number of halogens is 2. The van der Waals surface area contributed by atoms with Crippen LogP contribution in [-0.4, -0.2) is 0 Å². The van der Waals surface area contributed by atoms with Gasteiger partial charge in [-0.05, 0) is 25.1 Å². The summed E-state index contributed by atoms with van der Waals surface area (Å²) in [4.78, 5) is 0. The topological polar surface area (TPSA) is 9.23 Å². The molecule has 0 spiro atoms. The van der Waals surface area contributed by atoms with Crippen molar-refractivity contribution in [2.24, 2.45) is 0 Å². The predicted octanol–water partition coefficient (Wildman–Crippen LogP) is 3.91. The molecule has 1 aromatic rings. The van der Waals surface area contributed by atoms with E-state index < -0.39 is 0 Å². The van der Waals surface area contributed by atoms with Gasteiger partial charge in [0.1, 0.15) is 5.75 Å². The zero-order valence-electron chi connectivity index (χ0n) is 6.55. The van der Waals surface area contributed by atoms with E-state index in [1.165, 1.54) is 0 Å². The smallest absolute Gasteiger partial charge is 0.145 e. The summed E-state index contributed by atoms with van der Waals surface area (Å²) in [5.74, 6) is 0.610. The van der Waals surface area contributed by atoms with Crippen LogP contribution in [0.25, 0.3) is 0 Å². The van der Waals surface area contributed by atoms with Gasteiger partial charge in [-0.1, -0.05) is 29.3 Å². The summed E-state index contributed by atoms with van der Waals surface area (Å²) in [6, 6.07) is 5.10. The third-order valence-corrected chi connectivity index (χ3v) is 1.76. The molecule has 0 aliphatic carbocycles. The van der Waals surface area contributed by atoms with Crippen molar-refractivity contribution in [3.05, 3.63) is 40.6 Å². The molecule has 0 unspecified atom stereocenters. The van der Waals surface area contributed by atoms with E-state index in [0.717, 1.165) is 0 Å². The Labute approximate surface area is 81.6 Å². The Morgan fingerprint density at radius 3 is 2.67 bits per heavy atom. The van der Waals surface area contributed by atoms with Crippen LogP contribution in [0.15, 0.2) is 30.5 Å². The lowest BCUT2D eigenvalue weighted by Gasteiger charge is -2.01. The third kappa shape index (κ3) is 2.43. The average molecular weight is 203 g/mol. The second kappa shape index (κ2) is 4.39. The van der Waals surface area contributed by atoms with Crippen LogP contribution in [0.1, 0.15) is 6.92 Å². The van der Waals surface area contributed by atoms with Crippen LogP contribution in [0.4, 0.5) is 0 Å². The fraction of sp³-hybridized carbons (Fsp3) is 0.111. The molecule has 1 aromatic carbocycles. The first-order chi connectivity index (χ1) is 5.74. The quantitative estimate of drug-likeness (QED) is 0.662. The Kier molecular flexibility index (Phi) is 3.45. The fourth-order valence-electron chi connectivity index (χ4n) is 0.712. The van der Waals surface area contributed by atoms with Gasteiger partial charge in [0.2, 0.25) is 0 Å². The molecule has 0 aliphatic heterocycles. The molecule has 0 bridgehead atoms. The lowest BCUT2D eigenvalue weighted by molar-refractivity contribution is 0.480. The first-order valence-electron chi connectivity index (χ1n) is 3.47. The van der Waals surface area contributed by atoms with Crippen LogP contribution < -0.4 is 4.74 Å². The molecule has 0 atom stereocenters. The van der Waals surface area contributed by atoms with Crippen LogP contribution >= 0.6 is 23.2 Å². The molecule has 0 heterocycles. The highest BCUT2D eigenvalue weighted by molar-refractivity contribution is 6.35. The van der Waals surface area contributed by atoms with Crippen LogP contribution in [-0.2, 0) is 0 Å². The van der Waals surface area contributed by atoms with Gasteiger partial charge in [0, 0.05) is 5.02 Å². The first kappa shape index (κ1) is 9.43. The average Bonchev–Trinajstić information content (AvgIpc) is 2.03. The van der Waals surface area contributed by atoms with Gasteiger partial charge < -0.3 is 4.74 Å². The molecule has 12 heavy (non-hydrogen) atoms. The van der Waals surface area contributed by atoms with Gasteiger partial charge in [0.15, 0.2) is 0 Å². The van der Waals surface area contributed by atoms with E-state index in [4.69, 9.17) is 27.9 Å². The van der Waals surface area contributed by atoms with Gasteiger partial charge in [-0.25, -0.2) is 0 Å². The summed E-state index contributed by atoms with van der Waals surface area (Å²) < 4.78 is 5.17. The van der Waals surface area contributed by atoms with Gasteiger partial charge in [-0.2, -0.15) is 0 Å². The predicted molar refractivity (Wildman–Crippen MR) is 51.9 cm³/mol. The lowest BCUT2D eigenvalue weighted by Crippen LogP contribution is -1.81. The van der Waals surface area contributed by atoms with Crippen LogP contribution in [0.3, 0.4) is 0 Å². The molecular formula is C9H8Cl2O. The van der Waals surface area contributed by atoms with Crippen molar-refractivity contribution in [1.82, 2.24) is 0 Å². The highest BCUT2D eigenvalue weighted by Crippen LogP contribution is 2.27. The summed E-state index contributed by atoms with van der Waals surface area (Å²) in [5.41, 5.74) is 0. The highest BCUT2D eigenvalue weighted by atomic mass is 35.5. The zero-order chi connectivity index (χ0) is 8.97. The largest absolute Gasteiger partial charge is 0.464 e. The van der Waals surface area contributed by atoms with Crippen molar-refractivity contribution < 1.29 is 4.74 Å². The molecule has 0 N–H and O–H groups in total. The Bertz CT molecular complexity index is 295.